The summed E-state index contributed by atoms with van der Waals surface area (Å²) in [7, 11) is 0. The van der Waals surface area contributed by atoms with Gasteiger partial charge in [-0.2, -0.15) is 0 Å². The summed E-state index contributed by atoms with van der Waals surface area (Å²) in [5.74, 6) is 0.339. The average molecular weight is 672 g/mol. The van der Waals surface area contributed by atoms with Gasteiger partial charge >= 0.3 is 0 Å². The van der Waals surface area contributed by atoms with E-state index in [-0.39, 0.29) is 12.1 Å². The van der Waals surface area contributed by atoms with Gasteiger partial charge in [0.05, 0.1) is 12.4 Å². The van der Waals surface area contributed by atoms with Crippen molar-refractivity contribution in [3.8, 4) is 33.4 Å². The second-order valence-corrected chi connectivity index (χ2v) is 14.4. The summed E-state index contributed by atoms with van der Waals surface area (Å²) in [4.78, 5) is 6.71. The van der Waals surface area contributed by atoms with Gasteiger partial charge in [-0.3, -0.25) is 4.99 Å². The lowest BCUT2D eigenvalue weighted by molar-refractivity contribution is 0.660. The monoisotopic (exact) mass is 671 g/mol. The summed E-state index contributed by atoms with van der Waals surface area (Å²) in [6.07, 6.45) is 11.6. The van der Waals surface area contributed by atoms with Crippen LogP contribution in [0.15, 0.2) is 175 Å². The predicted molar refractivity (Wildman–Crippen MR) is 219 cm³/mol. The summed E-state index contributed by atoms with van der Waals surface area (Å²) in [5.41, 5.74) is 24.6. The smallest absolute Gasteiger partial charge is 0.0859 e. The highest BCUT2D eigenvalue weighted by molar-refractivity contribution is 5.92. The number of hydrogen-bond donors (Lipinski definition) is 1. The van der Waals surface area contributed by atoms with E-state index in [1.165, 1.54) is 61.5 Å². The van der Waals surface area contributed by atoms with Gasteiger partial charge in [0.15, 0.2) is 0 Å². The van der Waals surface area contributed by atoms with Crippen molar-refractivity contribution in [3.63, 3.8) is 0 Å². The minimum absolute atomic E-state index is 0.0281. The first-order valence-electron chi connectivity index (χ1n) is 18.2. The molecule has 6 aromatic rings. The van der Waals surface area contributed by atoms with E-state index in [1.54, 1.807) is 6.21 Å². The Morgan fingerprint density at radius 3 is 2.21 bits per heavy atom. The molecule has 1 aliphatic heterocycles. The number of benzene rings is 6. The summed E-state index contributed by atoms with van der Waals surface area (Å²) >= 11 is 0. The van der Waals surface area contributed by atoms with Crippen LogP contribution in [0.3, 0.4) is 0 Å². The van der Waals surface area contributed by atoms with Crippen molar-refractivity contribution in [3.05, 3.63) is 197 Å². The first kappa shape index (κ1) is 31.9. The van der Waals surface area contributed by atoms with Crippen LogP contribution in [0.4, 0.5) is 11.4 Å². The van der Waals surface area contributed by atoms with Crippen LogP contribution in [0.25, 0.3) is 39.0 Å². The van der Waals surface area contributed by atoms with Crippen LogP contribution >= 0.6 is 0 Å². The number of fused-ring (bicyclic) bond motifs is 6. The highest BCUT2D eigenvalue weighted by Crippen LogP contribution is 2.52. The topological polar surface area (TPSA) is 41.6 Å². The molecule has 0 aromatic heterocycles. The predicted octanol–water partition coefficient (Wildman–Crippen LogP) is 11.8. The van der Waals surface area contributed by atoms with Crippen molar-refractivity contribution in [1.82, 2.24) is 0 Å². The number of allylic oxidation sites excluding steroid dienone is 5. The Labute approximate surface area is 306 Å². The van der Waals surface area contributed by atoms with Crippen LogP contribution in [-0.4, -0.2) is 12.9 Å². The molecule has 0 fully saturated rings. The third-order valence-corrected chi connectivity index (χ3v) is 11.1. The molecule has 0 spiro atoms. The first-order chi connectivity index (χ1) is 25.5. The Hall–Kier alpha value is -6.03. The average Bonchev–Trinajstić information content (AvgIpc) is 3.65. The van der Waals surface area contributed by atoms with E-state index in [0.717, 1.165) is 28.8 Å². The van der Waals surface area contributed by atoms with E-state index < -0.39 is 0 Å². The summed E-state index contributed by atoms with van der Waals surface area (Å²) in [5, 5.41) is 0. The van der Waals surface area contributed by atoms with E-state index in [1.807, 2.05) is 6.07 Å². The van der Waals surface area contributed by atoms with Gasteiger partial charge in [0.1, 0.15) is 0 Å². The Bertz CT molecular complexity index is 2440. The molecule has 9 rings (SSSR count). The number of nitrogens with two attached hydrogens (primary N) is 1. The van der Waals surface area contributed by atoms with Crippen molar-refractivity contribution in [1.29, 1.82) is 0 Å². The van der Waals surface area contributed by atoms with E-state index in [9.17, 15) is 0 Å². The van der Waals surface area contributed by atoms with Crippen molar-refractivity contribution in [2.75, 3.05) is 11.6 Å². The molecular formula is C49H41N3. The lowest BCUT2D eigenvalue weighted by Crippen LogP contribution is -2.14. The van der Waals surface area contributed by atoms with E-state index in [2.05, 4.69) is 182 Å². The fraction of sp³-hybridized carbons (Fsp3) is 0.122. The van der Waals surface area contributed by atoms with Gasteiger partial charge in [-0.05, 0) is 116 Å². The normalized spacial score (nSPS) is 16.8. The van der Waals surface area contributed by atoms with Crippen LogP contribution in [0.1, 0.15) is 54.0 Å². The van der Waals surface area contributed by atoms with Crippen molar-refractivity contribution >= 4 is 23.2 Å². The molecule has 252 valence electrons. The molecule has 3 heteroatoms. The maximum Gasteiger partial charge on any atom is 0.0859 e. The summed E-state index contributed by atoms with van der Waals surface area (Å²) in [6, 6.07) is 51.4. The number of hydrogen-bond acceptors (Lipinski definition) is 3. The van der Waals surface area contributed by atoms with Crippen LogP contribution in [0, 0.1) is 0 Å². The SMILES string of the molecule is CC1(C)c2ccccc2-c2ccc(-c3cccc(-c4ccc5c(c4)N(c4ccc(/C(=C\C=N/CN)c6ccccc6)cc4)C4=CC=CCC45)c3)cc21. The molecule has 2 N–H and O–H groups in total. The molecule has 3 aliphatic rings. The zero-order valence-corrected chi connectivity index (χ0v) is 29.6. The molecular weight excluding hydrogens is 631 g/mol. The van der Waals surface area contributed by atoms with Gasteiger partial charge in [-0.1, -0.05) is 135 Å². The molecule has 0 bridgehead atoms. The maximum absolute atomic E-state index is 5.65. The summed E-state index contributed by atoms with van der Waals surface area (Å²) in [6.45, 7) is 4.97. The minimum Gasteiger partial charge on any atom is -0.313 e. The van der Waals surface area contributed by atoms with Crippen molar-refractivity contribution in [2.45, 2.75) is 31.6 Å². The second kappa shape index (κ2) is 12.9. The maximum atomic E-state index is 5.65. The molecule has 0 saturated heterocycles. The number of aliphatic imine (C=N–C) groups is 1. The van der Waals surface area contributed by atoms with E-state index in [0.29, 0.717) is 5.92 Å². The number of anilines is 2. The van der Waals surface area contributed by atoms with Gasteiger partial charge in [-0.15, -0.1) is 0 Å². The molecule has 6 aromatic carbocycles. The molecule has 0 radical (unpaired) electrons. The fourth-order valence-corrected chi connectivity index (χ4v) is 8.49. The van der Waals surface area contributed by atoms with Crippen molar-refractivity contribution in [2.24, 2.45) is 10.7 Å². The Morgan fingerprint density at radius 1 is 0.712 bits per heavy atom. The van der Waals surface area contributed by atoms with Gasteiger partial charge < -0.3 is 10.6 Å². The Balaban J connectivity index is 1.07. The molecule has 3 nitrogen and oxygen atoms in total. The Morgan fingerprint density at radius 2 is 1.40 bits per heavy atom. The summed E-state index contributed by atoms with van der Waals surface area (Å²) < 4.78 is 0. The highest BCUT2D eigenvalue weighted by atomic mass is 15.2. The van der Waals surface area contributed by atoms with E-state index >= 15 is 0 Å². The van der Waals surface area contributed by atoms with E-state index in [4.69, 9.17) is 5.73 Å². The Kier molecular flexibility index (Phi) is 7.94. The quantitative estimate of drug-likeness (QED) is 0.172. The molecule has 2 aliphatic carbocycles. The number of rotatable bonds is 7. The van der Waals surface area contributed by atoms with Crippen molar-refractivity contribution < 1.29 is 0 Å². The van der Waals surface area contributed by atoms with Gasteiger partial charge in [0.25, 0.3) is 0 Å². The minimum atomic E-state index is -0.0281. The fourth-order valence-electron chi connectivity index (χ4n) is 8.49. The van der Waals surface area contributed by atoms with Gasteiger partial charge in [0, 0.05) is 28.9 Å². The number of nitrogens with zero attached hydrogens (tertiary/aromatic N) is 2. The van der Waals surface area contributed by atoms with Crippen LogP contribution in [0.2, 0.25) is 0 Å². The molecule has 52 heavy (non-hydrogen) atoms. The molecule has 1 heterocycles. The molecule has 0 saturated carbocycles. The van der Waals surface area contributed by atoms with Gasteiger partial charge in [-0.25, -0.2) is 0 Å². The lowest BCUT2D eigenvalue weighted by Gasteiger charge is -2.25. The molecule has 0 amide bonds. The second-order valence-electron chi connectivity index (χ2n) is 14.4. The lowest BCUT2D eigenvalue weighted by atomic mass is 9.81. The standard InChI is InChI=1S/C49H41N3/c1-49(2)45-17-8-6-15-41(45)42-25-21-37(30-46(42)49)35-13-10-14-36(29-35)38-22-26-44-43-16-7-9-18-47(43)52(48(44)31-38)39-23-19-34(20-24-39)40(27-28-51-32-50)33-11-4-3-5-12-33/h3-15,17-31,43H,16,32,50H2,1-2H3/b40-27-,51-28-. The van der Waals surface area contributed by atoms with Crippen LogP contribution in [-0.2, 0) is 5.41 Å². The third kappa shape index (κ3) is 5.37. The van der Waals surface area contributed by atoms with Crippen LogP contribution in [0.5, 0.6) is 0 Å². The molecule has 1 atom stereocenters. The largest absolute Gasteiger partial charge is 0.313 e. The zero-order valence-electron chi connectivity index (χ0n) is 29.6. The zero-order chi connectivity index (χ0) is 35.2. The van der Waals surface area contributed by atoms with Gasteiger partial charge in [0.2, 0.25) is 0 Å². The third-order valence-electron chi connectivity index (χ3n) is 11.1. The highest BCUT2D eigenvalue weighted by Gasteiger charge is 2.36. The first-order valence-corrected chi connectivity index (χ1v) is 18.2. The van der Waals surface area contributed by atoms with Crippen LogP contribution < -0.4 is 10.6 Å². The molecule has 1 unspecified atom stereocenters.